The van der Waals surface area contributed by atoms with Gasteiger partial charge in [0.1, 0.15) is 0 Å². The maximum atomic E-state index is 11.5. The zero-order valence-corrected chi connectivity index (χ0v) is 12.7. The first-order valence-corrected chi connectivity index (χ1v) is 7.78. The summed E-state index contributed by atoms with van der Waals surface area (Å²) in [5, 5.41) is 3.83. The molecule has 20 heavy (non-hydrogen) atoms. The molecule has 1 heterocycles. The van der Waals surface area contributed by atoms with E-state index in [2.05, 4.69) is 30.9 Å². The fourth-order valence-electron chi connectivity index (χ4n) is 2.31. The highest BCUT2D eigenvalue weighted by molar-refractivity contribution is 7.08. The van der Waals surface area contributed by atoms with Crippen molar-refractivity contribution in [2.24, 2.45) is 5.73 Å². The lowest BCUT2D eigenvalue weighted by Gasteiger charge is -2.20. The number of hydrogen-bond acceptors (Lipinski definition) is 3. The van der Waals surface area contributed by atoms with Gasteiger partial charge in [-0.2, -0.15) is 11.3 Å². The van der Waals surface area contributed by atoms with Gasteiger partial charge in [0.15, 0.2) is 0 Å². The van der Waals surface area contributed by atoms with Gasteiger partial charge in [0.2, 0.25) is 5.91 Å². The van der Waals surface area contributed by atoms with Crippen LogP contribution in [0, 0.1) is 0 Å². The second-order valence-corrected chi connectivity index (χ2v) is 5.43. The molecule has 2 rings (SSSR count). The molecule has 2 N–H and O–H groups in total. The largest absolute Gasteiger partial charge is 0.366 e. The maximum absolute atomic E-state index is 11.5. The summed E-state index contributed by atoms with van der Waals surface area (Å²) in [6.45, 7) is 7.22. The summed E-state index contributed by atoms with van der Waals surface area (Å²) in [6, 6.07) is 8.23. The Morgan fingerprint density at radius 3 is 2.50 bits per heavy atom. The van der Waals surface area contributed by atoms with Gasteiger partial charge >= 0.3 is 0 Å². The molecule has 0 atom stereocenters. The first kappa shape index (κ1) is 14.8. The summed E-state index contributed by atoms with van der Waals surface area (Å²) in [5.74, 6) is -0.362. The molecular weight excluding hydrogens is 268 g/mol. The van der Waals surface area contributed by atoms with Crippen LogP contribution < -0.4 is 5.73 Å². The molecular formula is C16H20N2OS. The molecule has 1 aromatic carbocycles. The van der Waals surface area contributed by atoms with Gasteiger partial charge in [-0.15, -0.1) is 0 Å². The molecule has 0 fully saturated rings. The van der Waals surface area contributed by atoms with Gasteiger partial charge in [0.25, 0.3) is 0 Å². The number of benzene rings is 1. The third-order valence-corrected chi connectivity index (χ3v) is 4.27. The minimum absolute atomic E-state index is 0.362. The van der Waals surface area contributed by atoms with Crippen molar-refractivity contribution in [2.45, 2.75) is 20.4 Å². The molecule has 0 unspecified atom stereocenters. The first-order chi connectivity index (χ1) is 9.67. The van der Waals surface area contributed by atoms with Crippen molar-refractivity contribution >= 4 is 17.2 Å². The van der Waals surface area contributed by atoms with Gasteiger partial charge in [0.05, 0.1) is 5.56 Å². The molecule has 2 aromatic rings. The Balaban J connectivity index is 2.41. The lowest BCUT2D eigenvalue weighted by molar-refractivity contribution is 0.100. The monoisotopic (exact) mass is 288 g/mol. The van der Waals surface area contributed by atoms with E-state index in [4.69, 9.17) is 5.73 Å². The van der Waals surface area contributed by atoms with Crippen LogP contribution in [0.4, 0.5) is 0 Å². The van der Waals surface area contributed by atoms with Crippen LogP contribution in [0.2, 0.25) is 0 Å². The number of rotatable bonds is 6. The summed E-state index contributed by atoms with van der Waals surface area (Å²) in [7, 11) is 0. The number of nitrogens with two attached hydrogens (primary N) is 1. The van der Waals surface area contributed by atoms with Crippen LogP contribution in [0.15, 0.2) is 35.0 Å². The van der Waals surface area contributed by atoms with Crippen molar-refractivity contribution in [3.8, 4) is 11.1 Å². The smallest absolute Gasteiger partial charge is 0.250 e. The topological polar surface area (TPSA) is 46.3 Å². The number of amides is 1. The fraction of sp³-hybridized carbons (Fsp3) is 0.312. The maximum Gasteiger partial charge on any atom is 0.250 e. The van der Waals surface area contributed by atoms with E-state index in [-0.39, 0.29) is 5.91 Å². The van der Waals surface area contributed by atoms with E-state index in [0.717, 1.165) is 30.8 Å². The number of primary amides is 1. The van der Waals surface area contributed by atoms with E-state index in [0.29, 0.717) is 5.56 Å². The van der Waals surface area contributed by atoms with E-state index >= 15 is 0 Å². The average molecular weight is 288 g/mol. The van der Waals surface area contributed by atoms with Crippen LogP contribution in [-0.2, 0) is 6.54 Å². The normalized spacial score (nSPS) is 10.9. The SMILES string of the molecule is CCN(CC)Cc1ccccc1-c1cscc1C(N)=O. The molecule has 106 valence electrons. The summed E-state index contributed by atoms with van der Waals surface area (Å²) in [6.07, 6.45) is 0. The summed E-state index contributed by atoms with van der Waals surface area (Å²) in [5.41, 5.74) is 9.36. The van der Waals surface area contributed by atoms with Crippen molar-refractivity contribution in [2.75, 3.05) is 13.1 Å². The number of hydrogen-bond donors (Lipinski definition) is 1. The van der Waals surface area contributed by atoms with Crippen LogP contribution in [-0.4, -0.2) is 23.9 Å². The molecule has 1 amide bonds. The van der Waals surface area contributed by atoms with Crippen molar-refractivity contribution in [1.82, 2.24) is 4.90 Å². The molecule has 0 spiro atoms. The van der Waals surface area contributed by atoms with Gasteiger partial charge in [-0.25, -0.2) is 0 Å². The van der Waals surface area contributed by atoms with Crippen molar-refractivity contribution in [3.63, 3.8) is 0 Å². The Morgan fingerprint density at radius 2 is 1.85 bits per heavy atom. The predicted octanol–water partition coefficient (Wildman–Crippen LogP) is 3.36. The second kappa shape index (κ2) is 6.68. The Bertz CT molecular complexity index is 588. The van der Waals surface area contributed by atoms with Crippen LogP contribution in [0.3, 0.4) is 0 Å². The van der Waals surface area contributed by atoms with Gasteiger partial charge in [-0.05, 0) is 29.6 Å². The quantitative estimate of drug-likeness (QED) is 0.886. The summed E-state index contributed by atoms with van der Waals surface area (Å²) in [4.78, 5) is 13.9. The molecule has 0 radical (unpaired) electrons. The number of carbonyl (C=O) groups excluding carboxylic acids is 1. The third-order valence-electron chi connectivity index (χ3n) is 3.52. The highest BCUT2D eigenvalue weighted by Crippen LogP contribution is 2.30. The molecule has 1 aromatic heterocycles. The number of carbonyl (C=O) groups is 1. The molecule has 4 heteroatoms. The standard InChI is InChI=1S/C16H20N2OS/c1-3-18(4-2)9-12-7-5-6-8-13(12)14-10-20-11-15(14)16(17)19/h5-8,10-11H,3-4,9H2,1-2H3,(H2,17,19). The van der Waals surface area contributed by atoms with E-state index in [1.807, 2.05) is 22.9 Å². The van der Waals surface area contributed by atoms with E-state index in [1.54, 1.807) is 0 Å². The van der Waals surface area contributed by atoms with Crippen LogP contribution in [0.5, 0.6) is 0 Å². The highest BCUT2D eigenvalue weighted by Gasteiger charge is 2.14. The fourth-order valence-corrected chi connectivity index (χ4v) is 3.14. The van der Waals surface area contributed by atoms with E-state index in [1.165, 1.54) is 16.9 Å². The molecule has 0 aliphatic carbocycles. The zero-order valence-electron chi connectivity index (χ0n) is 11.9. The number of nitrogens with zero attached hydrogens (tertiary/aromatic N) is 1. The minimum atomic E-state index is -0.362. The third kappa shape index (κ3) is 3.08. The van der Waals surface area contributed by atoms with Crippen LogP contribution in [0.25, 0.3) is 11.1 Å². The van der Waals surface area contributed by atoms with E-state index < -0.39 is 0 Å². The minimum Gasteiger partial charge on any atom is -0.366 e. The first-order valence-electron chi connectivity index (χ1n) is 6.84. The zero-order chi connectivity index (χ0) is 14.5. The molecule has 0 saturated heterocycles. The summed E-state index contributed by atoms with van der Waals surface area (Å²) < 4.78 is 0. The predicted molar refractivity (Wildman–Crippen MR) is 84.9 cm³/mol. The lowest BCUT2D eigenvalue weighted by Crippen LogP contribution is -2.22. The number of thiophene rings is 1. The second-order valence-electron chi connectivity index (χ2n) is 4.68. The Labute approximate surface area is 124 Å². The van der Waals surface area contributed by atoms with Crippen molar-refractivity contribution < 1.29 is 4.79 Å². The van der Waals surface area contributed by atoms with Crippen LogP contribution >= 0.6 is 11.3 Å². The van der Waals surface area contributed by atoms with Gasteiger partial charge in [0, 0.05) is 17.5 Å². The highest BCUT2D eigenvalue weighted by atomic mass is 32.1. The molecule has 0 saturated carbocycles. The van der Waals surface area contributed by atoms with Gasteiger partial charge in [-0.1, -0.05) is 38.1 Å². The Kier molecular flexibility index (Phi) is 4.93. The Hall–Kier alpha value is -1.65. The molecule has 3 nitrogen and oxygen atoms in total. The van der Waals surface area contributed by atoms with Gasteiger partial charge in [-0.3, -0.25) is 9.69 Å². The van der Waals surface area contributed by atoms with E-state index in [9.17, 15) is 4.79 Å². The summed E-state index contributed by atoms with van der Waals surface area (Å²) >= 11 is 1.51. The lowest BCUT2D eigenvalue weighted by atomic mass is 9.98. The van der Waals surface area contributed by atoms with Crippen LogP contribution in [0.1, 0.15) is 29.8 Å². The molecule has 0 aliphatic heterocycles. The van der Waals surface area contributed by atoms with Crippen molar-refractivity contribution in [3.05, 3.63) is 46.2 Å². The molecule has 0 aliphatic rings. The molecule has 0 bridgehead atoms. The van der Waals surface area contributed by atoms with Gasteiger partial charge < -0.3 is 5.73 Å². The van der Waals surface area contributed by atoms with Crippen molar-refractivity contribution in [1.29, 1.82) is 0 Å². The average Bonchev–Trinajstić information content (AvgIpc) is 2.94. The Morgan fingerprint density at radius 1 is 1.15 bits per heavy atom.